The molecule has 2 heterocycles. The minimum Gasteiger partial charge on any atom is -0.464 e. The molecule has 0 aliphatic heterocycles. The molecule has 2 aromatic heterocycles. The zero-order valence-corrected chi connectivity index (χ0v) is 14.4. The van der Waals surface area contributed by atoms with Gasteiger partial charge in [-0.3, -0.25) is 9.36 Å². The van der Waals surface area contributed by atoms with Crippen LogP contribution < -0.4 is 0 Å². The fourth-order valence-corrected chi connectivity index (χ4v) is 3.15. The van der Waals surface area contributed by atoms with Gasteiger partial charge in [-0.15, -0.1) is 0 Å². The number of nitrogens with zero attached hydrogens (tertiary/aromatic N) is 3. The third-order valence-corrected chi connectivity index (χ3v) is 4.79. The number of hydrogen-bond donors (Lipinski definition) is 0. The Labute approximate surface area is 146 Å². The second kappa shape index (κ2) is 6.24. The lowest BCUT2D eigenvalue weighted by Gasteiger charge is -2.17. The maximum absolute atomic E-state index is 12.8. The number of carbonyl (C=O) groups is 1. The Hall–Kier alpha value is -2.82. The van der Waals surface area contributed by atoms with Gasteiger partial charge in [0.2, 0.25) is 0 Å². The van der Waals surface area contributed by atoms with E-state index in [0.717, 1.165) is 17.2 Å². The predicted octanol–water partition coefficient (Wildman–Crippen LogP) is 3.86. The second-order valence-electron chi connectivity index (χ2n) is 6.77. The quantitative estimate of drug-likeness (QED) is 0.711. The third kappa shape index (κ3) is 3.09. The molecule has 1 aromatic carbocycles. The molecule has 0 radical (unpaired) electrons. The molecule has 1 saturated carbocycles. The monoisotopic (exact) mass is 335 g/mol. The Kier molecular flexibility index (Phi) is 3.92. The largest absolute Gasteiger partial charge is 0.464 e. The van der Waals surface area contributed by atoms with Gasteiger partial charge in [0, 0.05) is 18.7 Å². The van der Waals surface area contributed by atoms with E-state index in [2.05, 4.69) is 11.9 Å². The molecule has 1 fully saturated rings. The molecule has 2 atom stereocenters. The molecule has 1 aliphatic carbocycles. The van der Waals surface area contributed by atoms with E-state index in [-0.39, 0.29) is 5.91 Å². The molecule has 0 saturated heterocycles. The lowest BCUT2D eigenvalue weighted by atomic mass is 10.3. The van der Waals surface area contributed by atoms with E-state index in [1.54, 1.807) is 29.0 Å². The number of aromatic nitrogens is 2. The van der Waals surface area contributed by atoms with Gasteiger partial charge in [-0.1, -0.05) is 25.1 Å². The van der Waals surface area contributed by atoms with Crippen LogP contribution in [0.1, 0.15) is 41.3 Å². The molecular formula is C20H21N3O2. The molecule has 1 aliphatic rings. The number of amides is 1. The van der Waals surface area contributed by atoms with Crippen LogP contribution in [-0.4, -0.2) is 27.4 Å². The molecule has 128 valence electrons. The van der Waals surface area contributed by atoms with E-state index in [1.165, 1.54) is 6.42 Å². The van der Waals surface area contributed by atoms with Crippen molar-refractivity contribution in [2.75, 3.05) is 7.05 Å². The summed E-state index contributed by atoms with van der Waals surface area (Å²) < 4.78 is 7.72. The van der Waals surface area contributed by atoms with E-state index in [0.29, 0.717) is 24.1 Å². The highest BCUT2D eigenvalue weighted by molar-refractivity contribution is 5.92. The summed E-state index contributed by atoms with van der Waals surface area (Å²) in [4.78, 5) is 18.6. The Morgan fingerprint density at radius 1 is 1.28 bits per heavy atom. The van der Waals surface area contributed by atoms with Crippen LogP contribution in [0, 0.1) is 5.92 Å². The second-order valence-corrected chi connectivity index (χ2v) is 6.77. The highest BCUT2D eigenvalue weighted by atomic mass is 16.3. The highest BCUT2D eigenvalue weighted by Crippen LogP contribution is 2.47. The van der Waals surface area contributed by atoms with Crippen molar-refractivity contribution in [2.24, 2.45) is 5.92 Å². The summed E-state index contributed by atoms with van der Waals surface area (Å²) in [6, 6.07) is 13.7. The van der Waals surface area contributed by atoms with Gasteiger partial charge in [-0.2, -0.15) is 0 Å². The topological polar surface area (TPSA) is 51.3 Å². The smallest absolute Gasteiger partial charge is 0.272 e. The molecule has 0 spiro atoms. The van der Waals surface area contributed by atoms with Crippen LogP contribution >= 0.6 is 0 Å². The van der Waals surface area contributed by atoms with Crippen molar-refractivity contribution in [3.63, 3.8) is 0 Å². The molecule has 3 aromatic rings. The van der Waals surface area contributed by atoms with Gasteiger partial charge in [0.25, 0.3) is 5.91 Å². The van der Waals surface area contributed by atoms with Gasteiger partial charge in [0.1, 0.15) is 17.2 Å². The van der Waals surface area contributed by atoms with Crippen molar-refractivity contribution >= 4 is 5.91 Å². The van der Waals surface area contributed by atoms with Crippen molar-refractivity contribution < 1.29 is 9.21 Å². The lowest BCUT2D eigenvalue weighted by molar-refractivity contribution is 0.0767. The summed E-state index contributed by atoms with van der Waals surface area (Å²) in [5.74, 6) is 3.03. The molecule has 2 unspecified atom stereocenters. The molecule has 0 bridgehead atoms. The highest BCUT2D eigenvalue weighted by Gasteiger charge is 2.36. The van der Waals surface area contributed by atoms with Crippen LogP contribution in [0.15, 0.2) is 59.4 Å². The summed E-state index contributed by atoms with van der Waals surface area (Å²) in [6.07, 6.45) is 4.46. The zero-order chi connectivity index (χ0) is 17.4. The average Bonchev–Trinajstić information content (AvgIpc) is 3.05. The van der Waals surface area contributed by atoms with Crippen LogP contribution in [0.4, 0.5) is 0 Å². The minimum atomic E-state index is -0.0842. The van der Waals surface area contributed by atoms with Gasteiger partial charge >= 0.3 is 0 Å². The first kappa shape index (κ1) is 15.7. The van der Waals surface area contributed by atoms with Crippen LogP contribution in [0.5, 0.6) is 0 Å². The Morgan fingerprint density at radius 2 is 2.04 bits per heavy atom. The molecule has 25 heavy (non-hydrogen) atoms. The van der Waals surface area contributed by atoms with E-state index >= 15 is 0 Å². The number of para-hydroxylation sites is 1. The number of imidazole rings is 1. The SMILES string of the molecule is CC1CC1c1ccc(CN(C)C(=O)c2cncn2-c2ccccc2)o1. The van der Waals surface area contributed by atoms with E-state index in [9.17, 15) is 4.79 Å². The first-order chi connectivity index (χ1) is 12.1. The number of furan rings is 1. The summed E-state index contributed by atoms with van der Waals surface area (Å²) >= 11 is 0. The van der Waals surface area contributed by atoms with Gasteiger partial charge in [0.15, 0.2) is 0 Å². The van der Waals surface area contributed by atoms with Crippen molar-refractivity contribution in [1.29, 1.82) is 0 Å². The summed E-state index contributed by atoms with van der Waals surface area (Å²) in [5.41, 5.74) is 1.45. The normalized spacial score (nSPS) is 19.0. The fraction of sp³-hybridized carbons (Fsp3) is 0.300. The third-order valence-electron chi connectivity index (χ3n) is 4.79. The number of benzene rings is 1. The van der Waals surface area contributed by atoms with Crippen LogP contribution in [0.2, 0.25) is 0 Å². The Bertz CT molecular complexity index is 881. The molecule has 5 heteroatoms. The standard InChI is InChI=1S/C20H21N3O2/c1-14-10-17(14)19-9-8-16(25-19)12-22(2)20(24)18-11-21-13-23(18)15-6-4-3-5-7-15/h3-9,11,13-14,17H,10,12H2,1-2H3. The minimum absolute atomic E-state index is 0.0842. The summed E-state index contributed by atoms with van der Waals surface area (Å²) in [7, 11) is 1.78. The van der Waals surface area contributed by atoms with Gasteiger partial charge in [0.05, 0.1) is 19.1 Å². The van der Waals surface area contributed by atoms with Crippen molar-refractivity contribution in [3.05, 3.63) is 72.2 Å². The van der Waals surface area contributed by atoms with Gasteiger partial charge in [-0.25, -0.2) is 4.98 Å². The number of rotatable bonds is 5. The summed E-state index contributed by atoms with van der Waals surface area (Å²) in [5, 5.41) is 0. The zero-order valence-electron chi connectivity index (χ0n) is 14.4. The molecule has 1 amide bonds. The lowest BCUT2D eigenvalue weighted by Crippen LogP contribution is -2.27. The maximum Gasteiger partial charge on any atom is 0.272 e. The maximum atomic E-state index is 12.8. The van der Waals surface area contributed by atoms with Gasteiger partial charge < -0.3 is 9.32 Å². The van der Waals surface area contributed by atoms with Crippen molar-refractivity contribution in [1.82, 2.24) is 14.5 Å². The Balaban J connectivity index is 1.49. The molecule has 5 nitrogen and oxygen atoms in total. The fourth-order valence-electron chi connectivity index (χ4n) is 3.15. The Morgan fingerprint density at radius 3 is 2.76 bits per heavy atom. The molecule has 4 rings (SSSR count). The van der Waals surface area contributed by atoms with E-state index in [4.69, 9.17) is 4.42 Å². The van der Waals surface area contributed by atoms with Crippen LogP contribution in [0.25, 0.3) is 5.69 Å². The van der Waals surface area contributed by atoms with E-state index < -0.39 is 0 Å². The predicted molar refractivity (Wildman–Crippen MR) is 94.6 cm³/mol. The van der Waals surface area contributed by atoms with Crippen molar-refractivity contribution in [2.45, 2.75) is 25.8 Å². The summed E-state index contributed by atoms with van der Waals surface area (Å²) in [6.45, 7) is 2.67. The first-order valence-electron chi connectivity index (χ1n) is 8.55. The first-order valence-corrected chi connectivity index (χ1v) is 8.55. The van der Waals surface area contributed by atoms with Gasteiger partial charge in [-0.05, 0) is 36.6 Å². The van der Waals surface area contributed by atoms with E-state index in [1.807, 2.05) is 42.5 Å². The number of carbonyl (C=O) groups excluding carboxylic acids is 1. The van der Waals surface area contributed by atoms with Crippen LogP contribution in [-0.2, 0) is 6.54 Å². The molecular weight excluding hydrogens is 314 g/mol. The van der Waals surface area contributed by atoms with Crippen molar-refractivity contribution in [3.8, 4) is 5.69 Å². The number of hydrogen-bond acceptors (Lipinski definition) is 3. The van der Waals surface area contributed by atoms with Crippen LogP contribution in [0.3, 0.4) is 0 Å². The average molecular weight is 335 g/mol. The molecule has 0 N–H and O–H groups in total.